The molecule has 0 aliphatic rings. The first kappa shape index (κ1) is 11.5. The van der Waals surface area contributed by atoms with Crippen molar-refractivity contribution in [1.82, 2.24) is 9.78 Å². The fraction of sp³-hybridized carbons (Fsp3) is 0.0625. The van der Waals surface area contributed by atoms with E-state index < -0.39 is 0 Å². The fourth-order valence-corrected chi connectivity index (χ4v) is 2.16. The van der Waals surface area contributed by atoms with Crippen LogP contribution < -0.4 is 5.73 Å². The summed E-state index contributed by atoms with van der Waals surface area (Å²) in [5.74, 6) is 0. The van der Waals surface area contributed by atoms with Gasteiger partial charge in [0.25, 0.3) is 0 Å². The summed E-state index contributed by atoms with van der Waals surface area (Å²) < 4.78 is 1.86. The molecule has 3 rings (SSSR count). The van der Waals surface area contributed by atoms with Crippen LogP contribution in [0.3, 0.4) is 0 Å². The second kappa shape index (κ2) is 4.61. The SMILES string of the molecule is Cn1nc(/C=C/c2ccccc2)c2ccc(N)cc21. The van der Waals surface area contributed by atoms with Crippen LogP contribution in [0.5, 0.6) is 0 Å². The van der Waals surface area contributed by atoms with Crippen LogP contribution in [0.25, 0.3) is 23.1 Å². The Balaban J connectivity index is 2.04. The van der Waals surface area contributed by atoms with Crippen LogP contribution in [-0.2, 0) is 7.05 Å². The topological polar surface area (TPSA) is 43.8 Å². The summed E-state index contributed by atoms with van der Waals surface area (Å²) in [4.78, 5) is 0. The van der Waals surface area contributed by atoms with Gasteiger partial charge in [-0.2, -0.15) is 5.10 Å². The number of hydrogen-bond acceptors (Lipinski definition) is 2. The molecule has 2 aromatic carbocycles. The van der Waals surface area contributed by atoms with E-state index in [9.17, 15) is 0 Å². The maximum absolute atomic E-state index is 5.81. The predicted molar refractivity (Wildman–Crippen MR) is 80.5 cm³/mol. The number of hydrogen-bond donors (Lipinski definition) is 1. The zero-order valence-corrected chi connectivity index (χ0v) is 10.7. The first-order chi connectivity index (χ1) is 9.24. The molecule has 3 heteroatoms. The molecule has 3 aromatic rings. The highest BCUT2D eigenvalue weighted by molar-refractivity contribution is 5.91. The summed E-state index contributed by atoms with van der Waals surface area (Å²) in [6.45, 7) is 0. The van der Waals surface area contributed by atoms with Gasteiger partial charge < -0.3 is 5.73 Å². The highest BCUT2D eigenvalue weighted by Crippen LogP contribution is 2.22. The maximum Gasteiger partial charge on any atom is 0.0929 e. The van der Waals surface area contributed by atoms with Gasteiger partial charge in [0.1, 0.15) is 0 Å². The minimum absolute atomic E-state index is 0.758. The van der Waals surface area contributed by atoms with Crippen LogP contribution in [-0.4, -0.2) is 9.78 Å². The van der Waals surface area contributed by atoms with Crippen molar-refractivity contribution < 1.29 is 0 Å². The molecule has 1 heterocycles. The average molecular weight is 249 g/mol. The Hall–Kier alpha value is -2.55. The van der Waals surface area contributed by atoms with Crippen molar-refractivity contribution in [2.75, 3.05) is 5.73 Å². The molecule has 0 aliphatic heterocycles. The number of aryl methyl sites for hydroxylation is 1. The monoisotopic (exact) mass is 249 g/mol. The average Bonchev–Trinajstić information content (AvgIpc) is 2.74. The minimum Gasteiger partial charge on any atom is -0.399 e. The van der Waals surface area contributed by atoms with E-state index in [0.29, 0.717) is 0 Å². The molecule has 0 radical (unpaired) electrons. The Morgan fingerprint density at radius 1 is 1.05 bits per heavy atom. The summed E-state index contributed by atoms with van der Waals surface area (Å²) in [6, 6.07) is 16.1. The third-order valence-electron chi connectivity index (χ3n) is 3.14. The van der Waals surface area contributed by atoms with Gasteiger partial charge in [0.05, 0.1) is 11.2 Å². The van der Waals surface area contributed by atoms with Crippen molar-refractivity contribution in [2.24, 2.45) is 7.05 Å². The second-order valence-corrected chi connectivity index (χ2v) is 4.53. The molecule has 1 aromatic heterocycles. The summed E-state index contributed by atoms with van der Waals surface area (Å²) >= 11 is 0. The molecule has 0 unspecified atom stereocenters. The van der Waals surface area contributed by atoms with Crippen LogP contribution in [0.1, 0.15) is 11.3 Å². The number of nitrogens with zero attached hydrogens (tertiary/aromatic N) is 2. The molecule has 0 saturated heterocycles. The van der Waals surface area contributed by atoms with Gasteiger partial charge in [-0.3, -0.25) is 4.68 Å². The first-order valence-corrected chi connectivity index (χ1v) is 6.19. The molecular weight excluding hydrogens is 234 g/mol. The Kier molecular flexibility index (Phi) is 2.80. The van der Waals surface area contributed by atoms with Gasteiger partial charge >= 0.3 is 0 Å². The Bertz CT molecular complexity index is 739. The highest BCUT2D eigenvalue weighted by Gasteiger charge is 2.05. The molecule has 0 amide bonds. The molecular formula is C16H15N3. The van der Waals surface area contributed by atoms with Gasteiger partial charge in [-0.1, -0.05) is 36.4 Å². The summed E-state index contributed by atoms with van der Waals surface area (Å²) in [6.07, 6.45) is 4.10. The summed E-state index contributed by atoms with van der Waals surface area (Å²) in [5.41, 5.74) is 9.74. The lowest BCUT2D eigenvalue weighted by atomic mass is 10.1. The molecule has 19 heavy (non-hydrogen) atoms. The van der Waals surface area contributed by atoms with E-state index in [1.54, 1.807) is 0 Å². The lowest BCUT2D eigenvalue weighted by Gasteiger charge is -1.95. The number of nitrogens with two attached hydrogens (primary N) is 1. The number of benzene rings is 2. The number of aromatic nitrogens is 2. The largest absolute Gasteiger partial charge is 0.399 e. The van der Waals surface area contributed by atoms with Gasteiger partial charge in [-0.25, -0.2) is 0 Å². The van der Waals surface area contributed by atoms with Crippen molar-refractivity contribution in [1.29, 1.82) is 0 Å². The third kappa shape index (κ3) is 2.22. The molecule has 2 N–H and O–H groups in total. The standard InChI is InChI=1S/C16H15N3/c1-19-16-11-13(17)8-9-14(16)15(18-19)10-7-12-5-3-2-4-6-12/h2-11H,17H2,1H3/b10-7+. The Labute approximate surface area is 112 Å². The van der Waals surface area contributed by atoms with E-state index in [1.165, 1.54) is 0 Å². The molecule has 0 saturated carbocycles. The van der Waals surface area contributed by atoms with Crippen LogP contribution in [0.4, 0.5) is 5.69 Å². The number of nitrogen functional groups attached to an aromatic ring is 1. The number of fused-ring (bicyclic) bond motifs is 1. The number of anilines is 1. The normalized spacial score (nSPS) is 11.4. The van der Waals surface area contributed by atoms with Gasteiger partial charge in [-0.05, 0) is 29.8 Å². The van der Waals surface area contributed by atoms with Crippen molar-refractivity contribution in [3.05, 3.63) is 59.8 Å². The zero-order valence-electron chi connectivity index (χ0n) is 10.7. The zero-order chi connectivity index (χ0) is 13.2. The fourth-order valence-electron chi connectivity index (χ4n) is 2.16. The van der Waals surface area contributed by atoms with E-state index in [4.69, 9.17) is 5.73 Å². The maximum atomic E-state index is 5.81. The molecule has 94 valence electrons. The lowest BCUT2D eigenvalue weighted by Crippen LogP contribution is -1.90. The quantitative estimate of drug-likeness (QED) is 0.708. The van der Waals surface area contributed by atoms with E-state index in [-0.39, 0.29) is 0 Å². The molecule has 0 atom stereocenters. The van der Waals surface area contributed by atoms with Crippen molar-refractivity contribution in [3.8, 4) is 0 Å². The van der Waals surface area contributed by atoms with Crippen molar-refractivity contribution in [3.63, 3.8) is 0 Å². The first-order valence-electron chi connectivity index (χ1n) is 6.19. The van der Waals surface area contributed by atoms with Crippen LogP contribution >= 0.6 is 0 Å². The third-order valence-corrected chi connectivity index (χ3v) is 3.14. The lowest BCUT2D eigenvalue weighted by molar-refractivity contribution is 0.793. The van der Waals surface area contributed by atoms with Gasteiger partial charge in [-0.15, -0.1) is 0 Å². The smallest absolute Gasteiger partial charge is 0.0929 e. The summed E-state index contributed by atoms with van der Waals surface area (Å²) in [5, 5.41) is 5.63. The van der Waals surface area contributed by atoms with E-state index in [0.717, 1.165) is 27.8 Å². The van der Waals surface area contributed by atoms with Crippen molar-refractivity contribution in [2.45, 2.75) is 0 Å². The van der Waals surface area contributed by atoms with Crippen molar-refractivity contribution >= 4 is 28.7 Å². The molecule has 0 aliphatic carbocycles. The van der Waals surface area contributed by atoms with Gasteiger partial charge in [0.15, 0.2) is 0 Å². The van der Waals surface area contributed by atoms with Gasteiger partial charge in [0, 0.05) is 18.1 Å². The van der Waals surface area contributed by atoms with E-state index in [1.807, 2.05) is 54.2 Å². The second-order valence-electron chi connectivity index (χ2n) is 4.53. The molecule has 3 nitrogen and oxygen atoms in total. The Morgan fingerprint density at radius 2 is 1.84 bits per heavy atom. The minimum atomic E-state index is 0.758. The van der Waals surface area contributed by atoms with Crippen LogP contribution in [0, 0.1) is 0 Å². The molecule has 0 fully saturated rings. The predicted octanol–water partition coefficient (Wildman–Crippen LogP) is 3.33. The Morgan fingerprint density at radius 3 is 2.63 bits per heavy atom. The summed E-state index contributed by atoms with van der Waals surface area (Å²) in [7, 11) is 1.93. The van der Waals surface area contributed by atoms with E-state index >= 15 is 0 Å². The highest BCUT2D eigenvalue weighted by atomic mass is 15.3. The molecule has 0 spiro atoms. The van der Waals surface area contributed by atoms with Crippen LogP contribution in [0.2, 0.25) is 0 Å². The number of rotatable bonds is 2. The van der Waals surface area contributed by atoms with Gasteiger partial charge in [0.2, 0.25) is 0 Å². The molecule has 0 bridgehead atoms. The van der Waals surface area contributed by atoms with Crippen LogP contribution in [0.15, 0.2) is 48.5 Å². The van der Waals surface area contributed by atoms with E-state index in [2.05, 4.69) is 23.3 Å².